The number of aliphatic carboxylic acids is 1. The maximum absolute atomic E-state index is 13.2. The van der Waals surface area contributed by atoms with Crippen LogP contribution < -0.4 is 10.6 Å². The van der Waals surface area contributed by atoms with E-state index in [1.807, 2.05) is 12.1 Å². The molecule has 4 atom stereocenters. The van der Waals surface area contributed by atoms with Gasteiger partial charge in [0.25, 0.3) is 11.8 Å². The highest BCUT2D eigenvalue weighted by Crippen LogP contribution is 2.48. The predicted octanol–water partition coefficient (Wildman–Crippen LogP) is 2.12. The molecule has 0 radical (unpaired) electrons. The molecule has 11 nitrogen and oxygen atoms in total. The van der Waals surface area contributed by atoms with Crippen molar-refractivity contribution in [2.24, 2.45) is 5.92 Å². The molecule has 0 aromatic heterocycles. The van der Waals surface area contributed by atoms with E-state index in [1.54, 1.807) is 54.6 Å². The van der Waals surface area contributed by atoms with Crippen molar-refractivity contribution in [2.45, 2.75) is 37.1 Å². The SMILES string of the molecule is O=C(O)[C@H](Cc1ccccc1)NC(=O)[C@@H]1C[C@@H](CCN2C(=O)c3cccc4cccc(c34)C2=O)[C@@H](P(=O)(O)O)N1. The highest BCUT2D eigenvalue weighted by Gasteiger charge is 2.47. The zero-order valence-electron chi connectivity index (χ0n) is 21.3. The van der Waals surface area contributed by atoms with Gasteiger partial charge in [0.1, 0.15) is 11.8 Å². The Labute approximate surface area is 229 Å². The lowest BCUT2D eigenvalue weighted by atomic mass is 9.93. The van der Waals surface area contributed by atoms with Crippen molar-refractivity contribution >= 4 is 42.1 Å². The summed E-state index contributed by atoms with van der Waals surface area (Å²) in [7, 11) is -4.74. The number of imide groups is 1. The van der Waals surface area contributed by atoms with Gasteiger partial charge in [-0.15, -0.1) is 0 Å². The zero-order chi connectivity index (χ0) is 28.6. The first kappa shape index (κ1) is 27.7. The van der Waals surface area contributed by atoms with Crippen LogP contribution in [0.1, 0.15) is 39.1 Å². The molecule has 3 aromatic rings. The molecule has 3 aromatic carbocycles. The number of hydrogen-bond donors (Lipinski definition) is 5. The first-order valence-corrected chi connectivity index (χ1v) is 14.5. The summed E-state index contributed by atoms with van der Waals surface area (Å²) in [5, 5.41) is 16.1. The van der Waals surface area contributed by atoms with Gasteiger partial charge in [-0.1, -0.05) is 54.6 Å². The number of nitrogens with one attached hydrogen (secondary N) is 2. The van der Waals surface area contributed by atoms with Crippen molar-refractivity contribution < 1.29 is 38.6 Å². The zero-order valence-corrected chi connectivity index (χ0v) is 22.2. The summed E-state index contributed by atoms with van der Waals surface area (Å²) in [6.45, 7) is -0.106. The van der Waals surface area contributed by atoms with Crippen LogP contribution in [0.2, 0.25) is 0 Å². The Morgan fingerprint density at radius 1 is 0.975 bits per heavy atom. The van der Waals surface area contributed by atoms with Crippen molar-refractivity contribution in [1.82, 2.24) is 15.5 Å². The molecule has 0 spiro atoms. The second kappa shape index (κ2) is 10.9. The molecular weight excluding hydrogens is 537 g/mol. The Balaban J connectivity index is 1.29. The maximum Gasteiger partial charge on any atom is 0.342 e. The molecule has 0 saturated carbocycles. The lowest BCUT2D eigenvalue weighted by Crippen LogP contribution is -2.50. The van der Waals surface area contributed by atoms with Crippen LogP contribution >= 0.6 is 7.60 Å². The lowest BCUT2D eigenvalue weighted by Gasteiger charge is -2.29. The summed E-state index contributed by atoms with van der Waals surface area (Å²) in [5.41, 5.74) is 1.45. The summed E-state index contributed by atoms with van der Waals surface area (Å²) in [4.78, 5) is 72.3. The molecule has 0 aliphatic carbocycles. The molecule has 3 amide bonds. The molecule has 2 aliphatic heterocycles. The third-order valence-corrected chi connectivity index (χ3v) is 8.81. The summed E-state index contributed by atoms with van der Waals surface area (Å²) in [5.74, 6) is -5.08. The Morgan fingerprint density at radius 2 is 1.60 bits per heavy atom. The van der Waals surface area contributed by atoms with Crippen LogP contribution in [-0.2, 0) is 20.6 Å². The number of carboxylic acids is 1. The fourth-order valence-corrected chi connectivity index (χ4v) is 6.77. The summed E-state index contributed by atoms with van der Waals surface area (Å²) < 4.78 is 12.3. The summed E-state index contributed by atoms with van der Waals surface area (Å²) in [6, 6.07) is 16.8. The average Bonchev–Trinajstić information content (AvgIpc) is 3.37. The largest absolute Gasteiger partial charge is 0.480 e. The molecule has 5 N–H and O–H groups in total. The number of carboxylic acid groups (broad SMARTS) is 1. The molecule has 0 unspecified atom stereocenters. The number of carbonyl (C=O) groups is 4. The third-order valence-electron chi connectivity index (χ3n) is 7.51. The van der Waals surface area contributed by atoms with Gasteiger partial charge in [0.2, 0.25) is 5.91 Å². The van der Waals surface area contributed by atoms with Crippen LogP contribution in [0.3, 0.4) is 0 Å². The van der Waals surface area contributed by atoms with Gasteiger partial charge in [-0.2, -0.15) is 0 Å². The van der Waals surface area contributed by atoms with Crippen LogP contribution in [0, 0.1) is 5.92 Å². The van der Waals surface area contributed by atoms with Crippen LogP contribution in [0.5, 0.6) is 0 Å². The summed E-state index contributed by atoms with van der Waals surface area (Å²) in [6.07, 6.45) is 0.0592. The van der Waals surface area contributed by atoms with E-state index in [2.05, 4.69) is 10.6 Å². The molecule has 0 bridgehead atoms. The highest BCUT2D eigenvalue weighted by atomic mass is 31.2. The lowest BCUT2D eigenvalue weighted by molar-refractivity contribution is -0.142. The normalized spacial score (nSPS) is 21.4. The molecular formula is C28H28N3O8P. The smallest absolute Gasteiger partial charge is 0.342 e. The monoisotopic (exact) mass is 565 g/mol. The number of rotatable bonds is 9. The Kier molecular flexibility index (Phi) is 7.57. The van der Waals surface area contributed by atoms with Crippen LogP contribution in [0.15, 0.2) is 66.7 Å². The van der Waals surface area contributed by atoms with Gasteiger partial charge in [0, 0.05) is 29.5 Å². The minimum absolute atomic E-state index is 0.0122. The third kappa shape index (κ3) is 5.41. The second-order valence-electron chi connectivity index (χ2n) is 10.1. The van der Waals surface area contributed by atoms with E-state index in [1.165, 1.54) is 0 Å². The van der Waals surface area contributed by atoms with Crippen LogP contribution in [0.25, 0.3) is 10.8 Å². The second-order valence-corrected chi connectivity index (χ2v) is 11.8. The molecule has 208 valence electrons. The van der Waals surface area contributed by atoms with E-state index in [0.717, 1.165) is 10.3 Å². The average molecular weight is 566 g/mol. The predicted molar refractivity (Wildman–Crippen MR) is 145 cm³/mol. The van der Waals surface area contributed by atoms with E-state index in [-0.39, 0.29) is 25.8 Å². The van der Waals surface area contributed by atoms with Crippen molar-refractivity contribution in [3.05, 3.63) is 83.4 Å². The van der Waals surface area contributed by atoms with Crippen molar-refractivity contribution in [3.63, 3.8) is 0 Å². The molecule has 40 heavy (non-hydrogen) atoms. The van der Waals surface area contributed by atoms with Gasteiger partial charge in [-0.3, -0.25) is 29.2 Å². The van der Waals surface area contributed by atoms with Gasteiger partial charge in [0.05, 0.1) is 6.04 Å². The number of carbonyl (C=O) groups excluding carboxylic acids is 3. The van der Waals surface area contributed by atoms with E-state index < -0.39 is 55.1 Å². The Morgan fingerprint density at radius 3 is 2.17 bits per heavy atom. The van der Waals surface area contributed by atoms with E-state index in [4.69, 9.17) is 0 Å². The fraction of sp³-hybridized carbons (Fsp3) is 0.286. The minimum Gasteiger partial charge on any atom is -0.480 e. The Bertz CT molecular complexity index is 1490. The van der Waals surface area contributed by atoms with E-state index in [9.17, 15) is 38.6 Å². The Hall–Kier alpha value is -3.89. The maximum atomic E-state index is 13.2. The number of amides is 3. The van der Waals surface area contributed by atoms with Gasteiger partial charge >= 0.3 is 13.6 Å². The van der Waals surface area contributed by atoms with Crippen LogP contribution in [-0.4, -0.2) is 67.9 Å². The molecule has 1 fully saturated rings. The molecule has 2 aliphatic rings. The van der Waals surface area contributed by atoms with Crippen molar-refractivity contribution in [3.8, 4) is 0 Å². The first-order chi connectivity index (χ1) is 19.0. The molecule has 2 heterocycles. The fourth-order valence-electron chi connectivity index (χ4n) is 5.57. The van der Waals surface area contributed by atoms with Crippen molar-refractivity contribution in [2.75, 3.05) is 6.54 Å². The summed E-state index contributed by atoms with van der Waals surface area (Å²) >= 11 is 0. The molecule has 1 saturated heterocycles. The molecule has 12 heteroatoms. The number of hydrogen-bond acceptors (Lipinski definition) is 6. The van der Waals surface area contributed by atoms with Gasteiger partial charge < -0.3 is 20.2 Å². The van der Waals surface area contributed by atoms with Gasteiger partial charge in [-0.25, -0.2) is 4.79 Å². The highest BCUT2D eigenvalue weighted by molar-refractivity contribution is 7.52. The van der Waals surface area contributed by atoms with Gasteiger partial charge in [0.15, 0.2) is 0 Å². The topological polar surface area (TPSA) is 173 Å². The van der Waals surface area contributed by atoms with E-state index >= 15 is 0 Å². The van der Waals surface area contributed by atoms with E-state index in [0.29, 0.717) is 22.1 Å². The van der Waals surface area contributed by atoms with Gasteiger partial charge in [-0.05, 0) is 41.8 Å². The first-order valence-electron chi connectivity index (χ1n) is 12.8. The quantitative estimate of drug-likeness (QED) is 0.192. The standard InChI is InChI=1S/C28H28N3O8P/c32-24(29-22(28(35)36)14-16-6-2-1-3-7-16)21-15-18(25(30-21)40(37,38)39)12-13-31-26(33)19-10-4-8-17-9-5-11-20(23(17)19)27(31)34/h1-11,18,21-22,25,30H,12-15H2,(H,29,32)(H,35,36)(H2,37,38,39)/t18-,21+,22+,25-/m1/s1. The van der Waals surface area contributed by atoms with Crippen molar-refractivity contribution in [1.29, 1.82) is 0 Å². The van der Waals surface area contributed by atoms with Crippen LogP contribution in [0.4, 0.5) is 0 Å². The number of nitrogens with zero attached hydrogens (tertiary/aromatic N) is 1. The molecule has 5 rings (SSSR count). The minimum atomic E-state index is -4.74. The number of benzene rings is 3.